The van der Waals surface area contributed by atoms with E-state index in [1.807, 2.05) is 0 Å². The number of phenols is 1. The summed E-state index contributed by atoms with van der Waals surface area (Å²) in [6.07, 6.45) is 29.4. The molecule has 1 amide bonds. The van der Waals surface area contributed by atoms with Gasteiger partial charge in [0.2, 0.25) is 11.7 Å². The highest BCUT2D eigenvalue weighted by molar-refractivity contribution is 5.96. The van der Waals surface area contributed by atoms with Crippen LogP contribution in [0.15, 0.2) is 17.7 Å². The molecule has 1 aromatic rings. The highest BCUT2D eigenvalue weighted by Crippen LogP contribution is 2.37. The number of carbonyl (C=O) groups excluding carboxylic acids is 1. The first-order chi connectivity index (χ1) is 18.5. The van der Waals surface area contributed by atoms with Crippen LogP contribution in [0.3, 0.4) is 0 Å². The Balaban J connectivity index is 2.05. The molecule has 38 heavy (non-hydrogen) atoms. The molecule has 0 atom stereocenters. The van der Waals surface area contributed by atoms with Crippen molar-refractivity contribution in [2.24, 2.45) is 5.73 Å². The van der Waals surface area contributed by atoms with Crippen molar-refractivity contribution in [1.29, 1.82) is 0 Å². The zero-order valence-corrected chi connectivity index (χ0v) is 24.8. The fourth-order valence-electron chi connectivity index (χ4n) is 5.04. The monoisotopic (exact) mass is 531 g/mol. The number of phenolic OH excluding ortho intramolecular Hbond substituents is 1. The van der Waals surface area contributed by atoms with E-state index < -0.39 is 5.91 Å². The van der Waals surface area contributed by atoms with Crippen LogP contribution in [0.5, 0.6) is 17.2 Å². The van der Waals surface area contributed by atoms with Gasteiger partial charge in [-0.15, -0.1) is 0 Å². The van der Waals surface area contributed by atoms with Gasteiger partial charge in [0.1, 0.15) is 0 Å². The van der Waals surface area contributed by atoms with Crippen molar-refractivity contribution in [2.75, 3.05) is 14.2 Å². The maximum Gasteiger partial charge on any atom is 0.244 e. The normalized spacial score (nSPS) is 11.6. The van der Waals surface area contributed by atoms with Crippen molar-refractivity contribution in [3.05, 3.63) is 23.3 Å². The second-order valence-electron chi connectivity index (χ2n) is 10.8. The zero-order valence-electron chi connectivity index (χ0n) is 24.8. The summed E-state index contributed by atoms with van der Waals surface area (Å²) >= 11 is 0. The summed E-state index contributed by atoms with van der Waals surface area (Å²) in [4.78, 5) is 12.0. The highest BCUT2D eigenvalue weighted by atomic mass is 16.5. The van der Waals surface area contributed by atoms with Crippen molar-refractivity contribution in [3.63, 3.8) is 0 Å². The fourth-order valence-corrected chi connectivity index (χ4v) is 5.04. The third-order valence-electron chi connectivity index (χ3n) is 7.46. The molecule has 0 bridgehead atoms. The summed E-state index contributed by atoms with van der Waals surface area (Å²) in [5, 5.41) is 10.1. The molecule has 0 saturated carbocycles. The molecular formula is C33H57NO4. The predicted octanol–water partition coefficient (Wildman–Crippen LogP) is 9.49. The molecule has 0 radical (unpaired) electrons. The Kier molecular flexibility index (Phi) is 20.3. The quantitative estimate of drug-likeness (QED) is 0.0972. The van der Waals surface area contributed by atoms with Crippen molar-refractivity contribution >= 4 is 12.0 Å². The molecule has 0 fully saturated rings. The van der Waals surface area contributed by atoms with Crippen LogP contribution in [0.25, 0.3) is 6.08 Å². The molecule has 5 heteroatoms. The molecule has 0 saturated heterocycles. The van der Waals surface area contributed by atoms with E-state index in [-0.39, 0.29) is 5.75 Å². The fraction of sp³-hybridized carbons (Fsp3) is 0.727. The molecule has 0 aliphatic carbocycles. The van der Waals surface area contributed by atoms with Gasteiger partial charge >= 0.3 is 0 Å². The van der Waals surface area contributed by atoms with Crippen LogP contribution in [-0.2, 0) is 4.79 Å². The summed E-state index contributed by atoms with van der Waals surface area (Å²) in [7, 11) is 2.96. The topological polar surface area (TPSA) is 81.8 Å². The summed E-state index contributed by atoms with van der Waals surface area (Å²) in [5.41, 5.74) is 6.93. The molecule has 218 valence electrons. The first-order valence-electron chi connectivity index (χ1n) is 15.5. The van der Waals surface area contributed by atoms with Crippen LogP contribution >= 0.6 is 0 Å². The number of hydrogen-bond donors (Lipinski definition) is 2. The Labute approximate surface area is 233 Å². The number of amides is 1. The van der Waals surface area contributed by atoms with Crippen LogP contribution in [0.4, 0.5) is 0 Å². The first-order valence-corrected chi connectivity index (χ1v) is 15.5. The highest BCUT2D eigenvalue weighted by Gasteiger charge is 2.12. The summed E-state index contributed by atoms with van der Waals surface area (Å²) in [6.45, 7) is 2.28. The summed E-state index contributed by atoms with van der Waals surface area (Å²) < 4.78 is 10.4. The largest absolute Gasteiger partial charge is 0.502 e. The van der Waals surface area contributed by atoms with Gasteiger partial charge in [-0.1, -0.05) is 129 Å². The van der Waals surface area contributed by atoms with E-state index in [0.29, 0.717) is 23.5 Å². The maximum absolute atomic E-state index is 12.0. The van der Waals surface area contributed by atoms with Gasteiger partial charge in [0.15, 0.2) is 11.5 Å². The number of unbranched alkanes of at least 4 members (excludes halogenated alkanes) is 19. The third kappa shape index (κ3) is 15.9. The average molecular weight is 532 g/mol. The van der Waals surface area contributed by atoms with Gasteiger partial charge in [-0.2, -0.15) is 0 Å². The molecular weight excluding hydrogens is 474 g/mol. The van der Waals surface area contributed by atoms with Crippen molar-refractivity contribution in [1.82, 2.24) is 0 Å². The molecule has 0 heterocycles. The number of hydrogen-bond acceptors (Lipinski definition) is 4. The van der Waals surface area contributed by atoms with Gasteiger partial charge in [0, 0.05) is 5.57 Å². The Bertz CT molecular complexity index is 749. The molecule has 0 spiro atoms. The standard InChI is InChI=1S/C33H57NO4/c1-4-5-6-7-8-9-10-11-12-13-14-15-16-17-18-19-20-21-22-23-24-29(33(34)36)25-28-26-30(37-2)32(35)31(27-28)38-3/h25-27,35H,4-24H2,1-3H3,(H2,34,36)/b29-25+. The lowest BCUT2D eigenvalue weighted by Crippen LogP contribution is -2.13. The number of aromatic hydroxyl groups is 1. The Morgan fingerprint density at radius 3 is 1.34 bits per heavy atom. The Morgan fingerprint density at radius 1 is 0.684 bits per heavy atom. The summed E-state index contributed by atoms with van der Waals surface area (Å²) in [6, 6.07) is 3.36. The van der Waals surface area contributed by atoms with E-state index in [1.54, 1.807) is 18.2 Å². The van der Waals surface area contributed by atoms with Crippen LogP contribution in [-0.4, -0.2) is 25.2 Å². The van der Waals surface area contributed by atoms with Crippen molar-refractivity contribution < 1.29 is 19.4 Å². The van der Waals surface area contributed by atoms with E-state index >= 15 is 0 Å². The van der Waals surface area contributed by atoms with Gasteiger partial charge in [-0.25, -0.2) is 0 Å². The third-order valence-corrected chi connectivity index (χ3v) is 7.46. The van der Waals surface area contributed by atoms with Gasteiger partial charge in [0.25, 0.3) is 0 Å². The first kappa shape index (κ1) is 33.9. The number of ether oxygens (including phenoxy) is 2. The van der Waals surface area contributed by atoms with E-state index in [4.69, 9.17) is 15.2 Å². The molecule has 0 unspecified atom stereocenters. The van der Waals surface area contributed by atoms with Crippen LogP contribution in [0, 0.1) is 0 Å². The second-order valence-corrected chi connectivity index (χ2v) is 10.8. The molecule has 3 N–H and O–H groups in total. The van der Waals surface area contributed by atoms with E-state index in [0.717, 1.165) is 18.4 Å². The van der Waals surface area contributed by atoms with Crippen molar-refractivity contribution in [2.45, 2.75) is 142 Å². The molecule has 0 aliphatic rings. The van der Waals surface area contributed by atoms with Gasteiger partial charge in [-0.3, -0.25) is 4.79 Å². The minimum atomic E-state index is -0.409. The van der Waals surface area contributed by atoms with Crippen LogP contribution in [0.2, 0.25) is 0 Å². The second kappa shape index (κ2) is 22.8. The number of rotatable bonds is 25. The number of benzene rings is 1. The number of methoxy groups -OCH3 is 2. The number of nitrogens with two attached hydrogens (primary N) is 1. The average Bonchev–Trinajstić information content (AvgIpc) is 2.91. The lowest BCUT2D eigenvalue weighted by molar-refractivity contribution is -0.114. The lowest BCUT2D eigenvalue weighted by Gasteiger charge is -2.10. The number of primary amides is 1. The van der Waals surface area contributed by atoms with Gasteiger partial charge in [-0.05, 0) is 36.6 Å². The minimum absolute atomic E-state index is 0.0538. The molecule has 1 aromatic carbocycles. The molecule has 1 rings (SSSR count). The molecule has 0 aliphatic heterocycles. The number of carbonyl (C=O) groups is 1. The minimum Gasteiger partial charge on any atom is -0.502 e. The summed E-state index contributed by atoms with van der Waals surface area (Å²) in [5.74, 6) is 0.145. The van der Waals surface area contributed by atoms with E-state index in [1.165, 1.54) is 130 Å². The lowest BCUT2D eigenvalue weighted by atomic mass is 10.0. The van der Waals surface area contributed by atoms with Crippen LogP contribution in [0.1, 0.15) is 147 Å². The Hall–Kier alpha value is -2.17. The van der Waals surface area contributed by atoms with Crippen LogP contribution < -0.4 is 15.2 Å². The molecule has 5 nitrogen and oxygen atoms in total. The van der Waals surface area contributed by atoms with E-state index in [9.17, 15) is 9.90 Å². The van der Waals surface area contributed by atoms with Gasteiger partial charge < -0.3 is 20.3 Å². The predicted molar refractivity (Wildman–Crippen MR) is 161 cm³/mol. The van der Waals surface area contributed by atoms with Gasteiger partial charge in [0.05, 0.1) is 14.2 Å². The SMILES string of the molecule is CCCCCCCCCCCCCCCCCCCCCC/C(=C\c1cc(OC)c(O)c(OC)c1)C(N)=O. The zero-order chi connectivity index (χ0) is 27.8. The van der Waals surface area contributed by atoms with E-state index in [2.05, 4.69) is 6.92 Å². The Morgan fingerprint density at radius 2 is 1.03 bits per heavy atom. The smallest absolute Gasteiger partial charge is 0.244 e. The van der Waals surface area contributed by atoms with Crippen molar-refractivity contribution in [3.8, 4) is 17.2 Å². The molecule has 0 aromatic heterocycles. The maximum atomic E-state index is 12.0.